The van der Waals surface area contributed by atoms with Crippen LogP contribution in [-0.4, -0.2) is 136 Å². The number of rotatable bonds is 26. The van der Waals surface area contributed by atoms with E-state index in [0.717, 1.165) is 23.4 Å². The Morgan fingerprint density at radius 1 is 0.944 bits per heavy atom. The molecule has 0 bridgehead atoms. The van der Waals surface area contributed by atoms with Crippen LogP contribution in [0.25, 0.3) is 0 Å². The molecule has 4 aromatic rings. The van der Waals surface area contributed by atoms with Gasteiger partial charge in [-0.1, -0.05) is 30.7 Å². The number of nitrogens with zero attached hydrogens (tertiary/aromatic N) is 5. The highest BCUT2D eigenvalue weighted by atomic mass is 35.5. The lowest BCUT2D eigenvalue weighted by molar-refractivity contribution is -0.137. The van der Waals surface area contributed by atoms with Gasteiger partial charge in [-0.05, 0) is 68.6 Å². The highest BCUT2D eigenvalue weighted by Crippen LogP contribution is 2.37. The average molecular weight is 1040 g/mol. The molecule has 1 fully saturated rings. The van der Waals surface area contributed by atoms with Crippen molar-refractivity contribution < 1.29 is 47.7 Å². The lowest BCUT2D eigenvalue weighted by Gasteiger charge is -2.40. The Morgan fingerprint density at radius 2 is 1.70 bits per heavy atom. The Balaban J connectivity index is 0.00000825. The first-order valence-corrected chi connectivity index (χ1v) is 24.7. The number of fused-ring (bicyclic) bond motifs is 2. The number of anilines is 3. The number of nitrogens with one attached hydrogen (secondary N) is 4. The molecular weight excluding hydrogens is 978 g/mol. The zero-order valence-corrected chi connectivity index (χ0v) is 42.5. The minimum absolute atomic E-state index is 0. The molecule has 4 N–H and O–H groups in total. The predicted molar refractivity (Wildman–Crippen MR) is 271 cm³/mol. The Bertz CT molecular complexity index is 2530. The number of ether oxygens (including phenoxy) is 4. The second-order valence-corrected chi connectivity index (χ2v) is 18.7. The lowest BCUT2D eigenvalue weighted by atomic mass is 10.0. The van der Waals surface area contributed by atoms with E-state index in [4.69, 9.17) is 35.5 Å². The summed E-state index contributed by atoms with van der Waals surface area (Å²) in [6, 6.07) is 13.1. The molecule has 19 nitrogen and oxygen atoms in total. The van der Waals surface area contributed by atoms with Crippen molar-refractivity contribution in [3.05, 3.63) is 92.0 Å². The molecule has 1 unspecified atom stereocenters. The highest BCUT2D eigenvalue weighted by Gasteiger charge is 2.40. The Kier molecular flexibility index (Phi) is 20.5. The van der Waals surface area contributed by atoms with Gasteiger partial charge in [0.15, 0.2) is 5.82 Å². The number of halogens is 2. The summed E-state index contributed by atoms with van der Waals surface area (Å²) in [4.78, 5) is 91.7. The summed E-state index contributed by atoms with van der Waals surface area (Å²) >= 11 is 7.70. The molecule has 2 aromatic heterocycles. The molecule has 7 rings (SSSR count). The quantitative estimate of drug-likeness (QED) is 0.0485. The molecule has 22 heteroatoms. The number of piperidine rings is 1. The molecule has 0 spiro atoms. The second-order valence-electron chi connectivity index (χ2n) is 16.9. The number of likely N-dealkylation sites (N-methyl/N-ethyl adjacent to an activating group) is 1. The van der Waals surface area contributed by atoms with Crippen molar-refractivity contribution in [2.45, 2.75) is 77.0 Å². The summed E-state index contributed by atoms with van der Waals surface area (Å²) in [5, 5.41) is 11.4. The van der Waals surface area contributed by atoms with Gasteiger partial charge in [-0.2, -0.15) is 0 Å². The van der Waals surface area contributed by atoms with Gasteiger partial charge in [-0.25, -0.2) is 9.97 Å². The van der Waals surface area contributed by atoms with Gasteiger partial charge >= 0.3 is 0 Å². The van der Waals surface area contributed by atoms with E-state index >= 15 is 0 Å². The Morgan fingerprint density at radius 3 is 2.42 bits per heavy atom. The van der Waals surface area contributed by atoms with E-state index in [-0.39, 0.29) is 67.4 Å². The van der Waals surface area contributed by atoms with Crippen molar-refractivity contribution >= 4 is 88.0 Å². The normalized spacial score (nSPS) is 16.4. The van der Waals surface area contributed by atoms with Crippen LogP contribution in [0.15, 0.2) is 54.7 Å². The van der Waals surface area contributed by atoms with Gasteiger partial charge in [0, 0.05) is 78.8 Å². The van der Waals surface area contributed by atoms with Crippen molar-refractivity contribution in [2.75, 3.05) is 88.5 Å². The predicted octanol–water partition coefficient (Wildman–Crippen LogP) is 4.91. The number of thiophene rings is 1. The van der Waals surface area contributed by atoms with Crippen LogP contribution < -0.4 is 35.8 Å². The number of carbonyl (C=O) groups is 6. The van der Waals surface area contributed by atoms with Crippen molar-refractivity contribution in [3.63, 3.8) is 0 Å². The molecule has 3 aliphatic heterocycles. The summed E-state index contributed by atoms with van der Waals surface area (Å²) in [5.74, 6) is 0.228. The van der Waals surface area contributed by atoms with Gasteiger partial charge in [0.2, 0.25) is 23.6 Å². The molecular formula is C49H61Cl2N9O10S. The number of unbranched alkanes of at least 4 members (excludes halogenated alkanes) is 1. The molecule has 2 atom stereocenters. The smallest absolute Gasteiger partial charge is 0.255 e. The van der Waals surface area contributed by atoms with Crippen LogP contribution in [-0.2, 0) is 52.9 Å². The van der Waals surface area contributed by atoms with Gasteiger partial charge in [0.05, 0.1) is 63.8 Å². The average Bonchev–Trinajstić information content (AvgIpc) is 3.93. The van der Waals surface area contributed by atoms with Gasteiger partial charge < -0.3 is 49.6 Å². The molecule has 0 aliphatic carbocycles. The zero-order chi connectivity index (χ0) is 49.6. The number of benzene rings is 2. The van der Waals surface area contributed by atoms with Gasteiger partial charge in [-0.3, -0.25) is 34.1 Å². The van der Waals surface area contributed by atoms with Crippen LogP contribution >= 0.6 is 35.3 Å². The third-order valence-electron chi connectivity index (χ3n) is 12.2. The molecule has 0 radical (unpaired) electrons. The molecule has 5 heterocycles. The number of hydrogen-bond donors (Lipinski definition) is 4. The van der Waals surface area contributed by atoms with Crippen molar-refractivity contribution in [1.82, 2.24) is 30.8 Å². The summed E-state index contributed by atoms with van der Waals surface area (Å²) in [7, 11) is 3.30. The summed E-state index contributed by atoms with van der Waals surface area (Å²) < 4.78 is 23.2. The first-order valence-electron chi connectivity index (χ1n) is 23.6. The molecule has 3 aliphatic rings. The third kappa shape index (κ3) is 14.2. The van der Waals surface area contributed by atoms with Crippen molar-refractivity contribution in [2.24, 2.45) is 0 Å². The lowest BCUT2D eigenvalue weighted by Crippen LogP contribution is -2.52. The van der Waals surface area contributed by atoms with Crippen LogP contribution in [0.4, 0.5) is 17.2 Å². The van der Waals surface area contributed by atoms with Crippen LogP contribution in [0, 0.1) is 0 Å². The number of hydrogen-bond acceptors (Lipinski definition) is 15. The number of methoxy groups -OCH3 is 1. The van der Waals surface area contributed by atoms with E-state index < -0.39 is 11.9 Å². The fraction of sp³-hybridized carbons (Fsp3) is 0.469. The maximum Gasteiger partial charge on any atom is 0.255 e. The monoisotopic (exact) mass is 1040 g/mol. The molecule has 2 aromatic carbocycles. The van der Waals surface area contributed by atoms with E-state index in [1.807, 2.05) is 30.0 Å². The van der Waals surface area contributed by atoms with Crippen LogP contribution in [0.2, 0.25) is 4.34 Å². The van der Waals surface area contributed by atoms with E-state index in [0.29, 0.717) is 135 Å². The molecule has 0 saturated carbocycles. The zero-order valence-electron chi connectivity index (χ0n) is 40.1. The first kappa shape index (κ1) is 54.6. The van der Waals surface area contributed by atoms with Crippen LogP contribution in [0.1, 0.15) is 88.0 Å². The third-order valence-corrected chi connectivity index (χ3v) is 13.4. The molecule has 1 saturated heterocycles. The van der Waals surface area contributed by atoms with Gasteiger partial charge in [0.1, 0.15) is 29.3 Å². The number of aromatic nitrogens is 2. The number of carbonyl (C=O) groups excluding carboxylic acids is 6. The number of amides is 6. The van der Waals surface area contributed by atoms with Crippen molar-refractivity contribution in [3.8, 4) is 5.75 Å². The summed E-state index contributed by atoms with van der Waals surface area (Å²) in [6.45, 7) is 6.80. The van der Waals surface area contributed by atoms with Gasteiger partial charge in [0.25, 0.3) is 11.8 Å². The van der Waals surface area contributed by atoms with Crippen LogP contribution in [0.5, 0.6) is 5.75 Å². The minimum Gasteiger partial charge on any atom is -0.496 e. The van der Waals surface area contributed by atoms with Gasteiger partial charge in [-0.15, -0.1) is 23.7 Å². The SMILES string of the molecule is CC[C@@H]1C(=O)N(C)c2cnc(Cc3ccc(C(=O)NCCOCCOCCOCCNCCCCC(=O)Nc4cccc5c4CN(C4CCC(=O)NC4=O)C5=O)cc3OC)nc2N1Cc1ccc(Cl)s1.Cl. The van der Waals surface area contributed by atoms with E-state index in [2.05, 4.69) is 26.3 Å². The first-order chi connectivity index (χ1) is 33.9. The standard InChI is InChI=1S/C49H60ClN9O10S.ClH/c1-4-37-49(65)57(2)39-28-53-42(55-45(39)58(37)29-33-13-15-41(50)70-33)27-31-11-12-32(26-40(31)66-3)46(62)52-19-21-68-23-25-69-24-22-67-20-18-51-17-6-5-10-43(60)54-36-9-7-8-34-35(36)30-59(48(34)64)38-14-16-44(61)56-47(38)63;/h7-9,11-13,15,26,28,37-38,51H,4-6,10,14,16-25,27,29-30H2,1-3H3,(H,52,62)(H,54,60)(H,56,61,63);1H/t37-,38?;/m1./s1. The number of imide groups is 1. The maximum absolute atomic E-state index is 13.3. The topological polar surface area (TPSA) is 223 Å². The van der Waals surface area contributed by atoms with Crippen molar-refractivity contribution in [1.29, 1.82) is 0 Å². The maximum atomic E-state index is 13.3. The molecule has 6 amide bonds. The molecule has 382 valence electrons. The fourth-order valence-corrected chi connectivity index (χ4v) is 9.63. The van der Waals surface area contributed by atoms with E-state index in [1.54, 1.807) is 55.6 Å². The van der Waals surface area contributed by atoms with E-state index in [1.165, 1.54) is 16.2 Å². The second kappa shape index (κ2) is 26.6. The summed E-state index contributed by atoms with van der Waals surface area (Å²) in [5.41, 5.74) is 3.56. The Labute approximate surface area is 428 Å². The highest BCUT2D eigenvalue weighted by molar-refractivity contribution is 7.16. The Hall–Kier alpha value is -5.74. The largest absolute Gasteiger partial charge is 0.496 e. The molecule has 71 heavy (non-hydrogen) atoms. The fourth-order valence-electron chi connectivity index (χ4n) is 8.55. The summed E-state index contributed by atoms with van der Waals surface area (Å²) in [6.07, 6.45) is 4.88. The minimum atomic E-state index is -0.715. The van der Waals surface area contributed by atoms with Crippen LogP contribution in [0.3, 0.4) is 0 Å². The van der Waals surface area contributed by atoms with E-state index in [9.17, 15) is 28.8 Å².